The molecule has 1 heterocycles. The van der Waals surface area contributed by atoms with Crippen LogP contribution in [-0.4, -0.2) is 34.4 Å². The average molecular weight is 343 g/mol. The number of ether oxygens (including phenoxy) is 3. The number of hydrogen-bond acceptors (Lipinski definition) is 4. The zero-order chi connectivity index (χ0) is 18.1. The number of rotatable bonds is 4. The zero-order valence-corrected chi connectivity index (χ0v) is 15.6. The molecule has 0 radical (unpaired) electrons. The SMILES string of the molecule is CC1CNCC[C@H]1c1ccccc1.COc1ccc(OC)c(OC)c1. The molecule has 2 atom stereocenters. The normalized spacial score (nSPS) is 19.4. The minimum atomic E-state index is 0.678. The van der Waals surface area contributed by atoms with Crippen LogP contribution in [0.1, 0.15) is 24.8 Å². The van der Waals surface area contributed by atoms with Gasteiger partial charge in [-0.1, -0.05) is 37.3 Å². The Morgan fingerprint density at radius 3 is 2.20 bits per heavy atom. The predicted molar refractivity (Wildman–Crippen MR) is 102 cm³/mol. The van der Waals surface area contributed by atoms with Gasteiger partial charge in [0, 0.05) is 6.07 Å². The van der Waals surface area contributed by atoms with Crippen molar-refractivity contribution >= 4 is 0 Å². The standard InChI is InChI=1S/C12H17N.C9H12O3/c1-10-9-13-8-7-12(10)11-5-3-2-4-6-11;1-10-7-4-5-8(11-2)9(6-7)12-3/h2-6,10,12-13H,7-9H2,1H3;4-6H,1-3H3/t10?,12-;/m1./s1. The Balaban J connectivity index is 0.000000181. The van der Waals surface area contributed by atoms with Gasteiger partial charge in [0.1, 0.15) is 5.75 Å². The third kappa shape index (κ3) is 5.40. The van der Waals surface area contributed by atoms with Crippen molar-refractivity contribution in [1.82, 2.24) is 5.32 Å². The third-order valence-electron chi connectivity index (χ3n) is 4.60. The summed E-state index contributed by atoms with van der Waals surface area (Å²) in [5.74, 6) is 3.68. The highest BCUT2D eigenvalue weighted by molar-refractivity contribution is 5.45. The van der Waals surface area contributed by atoms with E-state index < -0.39 is 0 Å². The fourth-order valence-corrected chi connectivity index (χ4v) is 3.15. The van der Waals surface area contributed by atoms with Gasteiger partial charge in [-0.05, 0) is 49.0 Å². The molecule has 1 N–H and O–H groups in total. The molecule has 25 heavy (non-hydrogen) atoms. The summed E-state index contributed by atoms with van der Waals surface area (Å²) < 4.78 is 15.1. The Morgan fingerprint density at radius 1 is 0.880 bits per heavy atom. The van der Waals surface area contributed by atoms with E-state index in [4.69, 9.17) is 14.2 Å². The van der Waals surface area contributed by atoms with Crippen molar-refractivity contribution in [2.45, 2.75) is 19.3 Å². The second kappa shape index (κ2) is 9.94. The van der Waals surface area contributed by atoms with Gasteiger partial charge in [-0.3, -0.25) is 0 Å². The Morgan fingerprint density at radius 2 is 1.60 bits per heavy atom. The van der Waals surface area contributed by atoms with E-state index in [2.05, 4.69) is 42.6 Å². The maximum absolute atomic E-state index is 5.07. The molecule has 4 heteroatoms. The van der Waals surface area contributed by atoms with Crippen molar-refractivity contribution in [1.29, 1.82) is 0 Å². The molecule has 0 amide bonds. The second-order valence-electron chi connectivity index (χ2n) is 6.21. The smallest absolute Gasteiger partial charge is 0.164 e. The van der Waals surface area contributed by atoms with Crippen LogP contribution in [0.25, 0.3) is 0 Å². The van der Waals surface area contributed by atoms with Gasteiger partial charge in [0.25, 0.3) is 0 Å². The van der Waals surface area contributed by atoms with Crippen LogP contribution in [0.4, 0.5) is 0 Å². The molecule has 1 aliphatic rings. The monoisotopic (exact) mass is 343 g/mol. The van der Waals surface area contributed by atoms with Crippen LogP contribution in [-0.2, 0) is 0 Å². The van der Waals surface area contributed by atoms with E-state index >= 15 is 0 Å². The van der Waals surface area contributed by atoms with Crippen molar-refractivity contribution in [3.05, 3.63) is 54.1 Å². The van der Waals surface area contributed by atoms with Crippen molar-refractivity contribution in [2.75, 3.05) is 34.4 Å². The van der Waals surface area contributed by atoms with Gasteiger partial charge in [-0.15, -0.1) is 0 Å². The highest BCUT2D eigenvalue weighted by Crippen LogP contribution is 2.30. The molecule has 1 fully saturated rings. The topological polar surface area (TPSA) is 39.7 Å². The molecule has 3 rings (SSSR count). The lowest BCUT2D eigenvalue weighted by Gasteiger charge is -2.29. The van der Waals surface area contributed by atoms with Crippen LogP contribution in [0.15, 0.2) is 48.5 Å². The quantitative estimate of drug-likeness (QED) is 0.907. The van der Waals surface area contributed by atoms with Gasteiger partial charge < -0.3 is 19.5 Å². The maximum Gasteiger partial charge on any atom is 0.164 e. The molecule has 0 spiro atoms. The Bertz CT molecular complexity index is 630. The first-order chi connectivity index (χ1) is 12.2. The molecule has 0 bridgehead atoms. The van der Waals surface area contributed by atoms with Gasteiger partial charge in [-0.25, -0.2) is 0 Å². The molecular formula is C21H29NO3. The molecule has 2 aromatic carbocycles. The molecule has 2 aromatic rings. The summed E-state index contributed by atoms with van der Waals surface area (Å²) in [4.78, 5) is 0. The zero-order valence-electron chi connectivity index (χ0n) is 15.6. The van der Waals surface area contributed by atoms with E-state index in [9.17, 15) is 0 Å². The average Bonchev–Trinajstić information content (AvgIpc) is 2.69. The van der Waals surface area contributed by atoms with E-state index in [1.54, 1.807) is 33.5 Å². The molecule has 4 nitrogen and oxygen atoms in total. The summed E-state index contributed by atoms with van der Waals surface area (Å²) in [6, 6.07) is 16.3. The van der Waals surface area contributed by atoms with Crippen molar-refractivity contribution < 1.29 is 14.2 Å². The molecule has 0 aliphatic carbocycles. The fourth-order valence-electron chi connectivity index (χ4n) is 3.15. The van der Waals surface area contributed by atoms with Crippen molar-refractivity contribution in [3.63, 3.8) is 0 Å². The summed E-state index contributed by atoms with van der Waals surface area (Å²) in [6.07, 6.45) is 1.28. The van der Waals surface area contributed by atoms with Crippen molar-refractivity contribution in [3.8, 4) is 17.2 Å². The fraction of sp³-hybridized carbons (Fsp3) is 0.429. The molecule has 0 aromatic heterocycles. The van der Waals surface area contributed by atoms with Crippen molar-refractivity contribution in [2.24, 2.45) is 5.92 Å². The first kappa shape index (κ1) is 19.1. The minimum absolute atomic E-state index is 0.678. The van der Waals surface area contributed by atoms with Crippen LogP contribution in [0, 0.1) is 5.92 Å². The highest BCUT2D eigenvalue weighted by Gasteiger charge is 2.21. The van der Waals surface area contributed by atoms with E-state index in [0.717, 1.165) is 17.6 Å². The largest absolute Gasteiger partial charge is 0.497 e. The van der Waals surface area contributed by atoms with Crippen LogP contribution < -0.4 is 19.5 Å². The van der Waals surface area contributed by atoms with E-state index in [1.807, 2.05) is 6.07 Å². The Labute approximate surface area is 151 Å². The highest BCUT2D eigenvalue weighted by atomic mass is 16.5. The van der Waals surface area contributed by atoms with Gasteiger partial charge in [-0.2, -0.15) is 0 Å². The molecule has 136 valence electrons. The summed E-state index contributed by atoms with van der Waals surface area (Å²) in [7, 11) is 4.81. The summed E-state index contributed by atoms with van der Waals surface area (Å²) in [5.41, 5.74) is 1.51. The van der Waals surface area contributed by atoms with E-state index in [1.165, 1.54) is 25.1 Å². The molecule has 0 saturated carbocycles. The Kier molecular flexibility index (Phi) is 7.61. The lowest BCUT2D eigenvalue weighted by molar-refractivity contribution is 0.349. The maximum atomic E-state index is 5.07. The van der Waals surface area contributed by atoms with Crippen LogP contribution >= 0.6 is 0 Å². The number of piperidine rings is 1. The van der Waals surface area contributed by atoms with E-state index in [0.29, 0.717) is 11.5 Å². The Hall–Kier alpha value is -2.20. The van der Waals surface area contributed by atoms with Gasteiger partial charge in [0.05, 0.1) is 21.3 Å². The van der Waals surface area contributed by atoms with Crippen LogP contribution in [0.2, 0.25) is 0 Å². The first-order valence-corrected chi connectivity index (χ1v) is 8.71. The third-order valence-corrected chi connectivity index (χ3v) is 4.60. The van der Waals surface area contributed by atoms with Gasteiger partial charge in [0.2, 0.25) is 0 Å². The first-order valence-electron chi connectivity index (χ1n) is 8.71. The number of methoxy groups -OCH3 is 3. The summed E-state index contributed by atoms with van der Waals surface area (Å²) in [6.45, 7) is 4.67. The predicted octanol–water partition coefficient (Wildman–Crippen LogP) is 4.11. The minimum Gasteiger partial charge on any atom is -0.497 e. The number of benzene rings is 2. The van der Waals surface area contributed by atoms with Gasteiger partial charge >= 0.3 is 0 Å². The second-order valence-corrected chi connectivity index (χ2v) is 6.21. The lowest BCUT2D eigenvalue weighted by atomic mass is 9.82. The summed E-state index contributed by atoms with van der Waals surface area (Å²) in [5, 5.41) is 3.43. The van der Waals surface area contributed by atoms with Crippen LogP contribution in [0.5, 0.6) is 17.2 Å². The number of hydrogen-bond donors (Lipinski definition) is 1. The van der Waals surface area contributed by atoms with Gasteiger partial charge in [0.15, 0.2) is 11.5 Å². The van der Waals surface area contributed by atoms with E-state index in [-0.39, 0.29) is 0 Å². The lowest BCUT2D eigenvalue weighted by Crippen LogP contribution is -2.33. The number of nitrogens with one attached hydrogen (secondary N) is 1. The van der Waals surface area contributed by atoms with Crippen LogP contribution in [0.3, 0.4) is 0 Å². The summed E-state index contributed by atoms with van der Waals surface area (Å²) >= 11 is 0. The molecule has 1 aliphatic heterocycles. The molecular weight excluding hydrogens is 314 g/mol. The molecule has 1 saturated heterocycles. The molecule has 1 unspecified atom stereocenters.